The number of hydrogen-bond acceptors (Lipinski definition) is 3. The first kappa shape index (κ1) is 13.1. The molecule has 1 saturated heterocycles. The third-order valence-electron chi connectivity index (χ3n) is 3.86. The number of halogens is 1. The highest BCUT2D eigenvalue weighted by atomic mass is 19.1. The van der Waals surface area contributed by atoms with Crippen molar-refractivity contribution >= 4 is 0 Å². The van der Waals surface area contributed by atoms with Crippen molar-refractivity contribution in [3.05, 3.63) is 57.8 Å². The van der Waals surface area contributed by atoms with Crippen molar-refractivity contribution in [1.29, 1.82) is 0 Å². The summed E-state index contributed by atoms with van der Waals surface area (Å²) in [5.41, 5.74) is 0.519. The molecule has 1 aliphatic heterocycles. The summed E-state index contributed by atoms with van der Waals surface area (Å²) in [5.74, 6) is 0.756. The largest absolute Gasteiger partial charge is 0.383 e. The second kappa shape index (κ2) is 5.63. The molecule has 1 aromatic heterocycles. The second-order valence-corrected chi connectivity index (χ2v) is 5.28. The fourth-order valence-corrected chi connectivity index (χ4v) is 2.85. The Bertz CT molecular complexity index is 635. The minimum atomic E-state index is -0.204. The minimum absolute atomic E-state index is 0.162. The molecular formula is C15H17FN2O2. The van der Waals surface area contributed by atoms with Gasteiger partial charge in [0.1, 0.15) is 11.6 Å². The van der Waals surface area contributed by atoms with E-state index >= 15 is 0 Å². The van der Waals surface area contributed by atoms with Crippen molar-refractivity contribution in [3.8, 4) is 0 Å². The van der Waals surface area contributed by atoms with Crippen LogP contribution in [0, 0.1) is 5.82 Å². The molecule has 106 valence electrons. The zero-order valence-electron chi connectivity index (χ0n) is 11.1. The molecule has 2 aromatic rings. The molecule has 0 aliphatic carbocycles. The van der Waals surface area contributed by atoms with Crippen LogP contribution in [0.15, 0.2) is 39.6 Å². The van der Waals surface area contributed by atoms with Gasteiger partial charge in [0.2, 0.25) is 0 Å². The maximum Gasteiger partial charge on any atom is 0.280 e. The molecule has 2 atom stereocenters. The Morgan fingerprint density at radius 2 is 2.20 bits per heavy atom. The molecule has 4 nitrogen and oxygen atoms in total. The van der Waals surface area contributed by atoms with E-state index in [1.807, 2.05) is 12.1 Å². The molecule has 1 aliphatic rings. The summed E-state index contributed by atoms with van der Waals surface area (Å²) >= 11 is 0. The highest BCUT2D eigenvalue weighted by molar-refractivity contribution is 5.19. The summed E-state index contributed by atoms with van der Waals surface area (Å²) in [4.78, 5) is 11.1. The van der Waals surface area contributed by atoms with Crippen LogP contribution < -0.4 is 10.9 Å². The number of piperidine rings is 1. The summed E-state index contributed by atoms with van der Waals surface area (Å²) in [6.45, 7) is 0.846. The molecule has 0 spiro atoms. The Labute approximate surface area is 116 Å². The predicted molar refractivity (Wildman–Crippen MR) is 73.2 cm³/mol. The molecule has 2 N–H and O–H groups in total. The molecule has 1 fully saturated rings. The van der Waals surface area contributed by atoms with Crippen molar-refractivity contribution in [2.75, 3.05) is 6.54 Å². The summed E-state index contributed by atoms with van der Waals surface area (Å²) < 4.78 is 18.9. The number of H-pyrrole nitrogens is 1. The highest BCUT2D eigenvalue weighted by Gasteiger charge is 2.26. The number of hydrogen-bond donors (Lipinski definition) is 2. The lowest BCUT2D eigenvalue weighted by Gasteiger charge is -2.29. The zero-order valence-corrected chi connectivity index (χ0v) is 11.1. The number of benzene rings is 1. The van der Waals surface area contributed by atoms with Gasteiger partial charge in [0.05, 0.1) is 0 Å². The molecule has 20 heavy (non-hydrogen) atoms. The van der Waals surface area contributed by atoms with Crippen molar-refractivity contribution < 1.29 is 8.91 Å². The maximum absolute atomic E-state index is 13.7. The minimum Gasteiger partial charge on any atom is -0.383 e. The van der Waals surface area contributed by atoms with E-state index in [1.165, 1.54) is 12.1 Å². The molecule has 3 rings (SSSR count). The SMILES string of the molecule is O=c1cc([C@@H]2CCN[C@@H](Cc3ccccc3F)C2)o[nH]1. The monoisotopic (exact) mass is 276 g/mol. The third kappa shape index (κ3) is 2.82. The fraction of sp³-hybridized carbons (Fsp3) is 0.400. The van der Waals surface area contributed by atoms with Gasteiger partial charge in [-0.1, -0.05) is 18.2 Å². The molecule has 0 amide bonds. The fourth-order valence-electron chi connectivity index (χ4n) is 2.85. The Morgan fingerprint density at radius 1 is 1.35 bits per heavy atom. The van der Waals surface area contributed by atoms with Gasteiger partial charge in [-0.2, -0.15) is 5.16 Å². The van der Waals surface area contributed by atoms with Gasteiger partial charge in [-0.25, -0.2) is 4.39 Å². The average molecular weight is 276 g/mol. The molecule has 0 saturated carbocycles. The van der Waals surface area contributed by atoms with Crippen molar-refractivity contribution in [3.63, 3.8) is 0 Å². The van der Waals surface area contributed by atoms with Crippen molar-refractivity contribution in [2.45, 2.75) is 31.2 Å². The number of nitrogens with one attached hydrogen (secondary N) is 2. The lowest BCUT2D eigenvalue weighted by atomic mass is 9.87. The molecule has 1 aromatic carbocycles. The number of aromatic nitrogens is 1. The van der Waals surface area contributed by atoms with Crippen LogP contribution in [0.2, 0.25) is 0 Å². The van der Waals surface area contributed by atoms with Crippen LogP contribution in [0.3, 0.4) is 0 Å². The Morgan fingerprint density at radius 3 is 2.95 bits per heavy atom. The van der Waals surface area contributed by atoms with Gasteiger partial charge in [0, 0.05) is 18.0 Å². The molecule has 0 bridgehead atoms. The van der Waals surface area contributed by atoms with E-state index in [0.29, 0.717) is 12.2 Å². The molecular weight excluding hydrogens is 259 g/mol. The van der Waals surface area contributed by atoms with E-state index in [-0.39, 0.29) is 23.3 Å². The Hall–Kier alpha value is -1.88. The summed E-state index contributed by atoms with van der Waals surface area (Å²) in [7, 11) is 0. The van der Waals surface area contributed by atoms with Crippen molar-refractivity contribution in [2.24, 2.45) is 0 Å². The van der Waals surface area contributed by atoms with Gasteiger partial charge in [-0.05, 0) is 37.4 Å². The summed E-state index contributed by atoms with van der Waals surface area (Å²) in [5, 5.41) is 5.73. The zero-order chi connectivity index (χ0) is 13.9. The first-order valence-electron chi connectivity index (χ1n) is 6.87. The van der Waals surface area contributed by atoms with Crippen LogP contribution in [-0.2, 0) is 6.42 Å². The lowest BCUT2D eigenvalue weighted by Crippen LogP contribution is -2.38. The average Bonchev–Trinajstić information content (AvgIpc) is 2.89. The normalized spacial score (nSPS) is 22.9. The van der Waals surface area contributed by atoms with Gasteiger partial charge in [-0.15, -0.1) is 0 Å². The van der Waals surface area contributed by atoms with Crippen LogP contribution in [0.5, 0.6) is 0 Å². The first-order chi connectivity index (χ1) is 9.72. The smallest absolute Gasteiger partial charge is 0.280 e. The van der Waals surface area contributed by atoms with Crippen LogP contribution in [0.1, 0.15) is 30.1 Å². The highest BCUT2D eigenvalue weighted by Crippen LogP contribution is 2.28. The predicted octanol–water partition coefficient (Wildman–Crippen LogP) is 2.19. The van der Waals surface area contributed by atoms with Gasteiger partial charge >= 0.3 is 0 Å². The number of rotatable bonds is 3. The lowest BCUT2D eigenvalue weighted by molar-refractivity contribution is 0.291. The number of aromatic amines is 1. The van der Waals surface area contributed by atoms with Crippen LogP contribution >= 0.6 is 0 Å². The van der Waals surface area contributed by atoms with Crippen LogP contribution in [0.4, 0.5) is 4.39 Å². The molecule has 2 heterocycles. The van der Waals surface area contributed by atoms with Gasteiger partial charge in [0.15, 0.2) is 0 Å². The maximum atomic E-state index is 13.7. The van der Waals surface area contributed by atoms with Gasteiger partial charge < -0.3 is 9.84 Å². The standard InChI is InChI=1S/C15H17FN2O2/c16-13-4-2-1-3-10(13)7-12-8-11(5-6-17-12)14-9-15(19)18-20-14/h1-4,9,11-12,17H,5-8H2,(H,18,19)/t11-,12+/m1/s1. The van der Waals surface area contributed by atoms with Crippen molar-refractivity contribution in [1.82, 2.24) is 10.5 Å². The van der Waals surface area contributed by atoms with E-state index in [9.17, 15) is 9.18 Å². The Kier molecular flexibility index (Phi) is 3.69. The van der Waals surface area contributed by atoms with E-state index in [1.54, 1.807) is 6.07 Å². The topological polar surface area (TPSA) is 58.0 Å². The molecule has 0 unspecified atom stereocenters. The second-order valence-electron chi connectivity index (χ2n) is 5.28. The molecule has 0 radical (unpaired) electrons. The summed E-state index contributed by atoms with van der Waals surface area (Å²) in [6.07, 6.45) is 2.42. The summed E-state index contributed by atoms with van der Waals surface area (Å²) in [6, 6.07) is 8.56. The van der Waals surface area contributed by atoms with E-state index in [2.05, 4.69) is 10.5 Å². The van der Waals surface area contributed by atoms with Crippen LogP contribution in [-0.4, -0.2) is 17.7 Å². The van der Waals surface area contributed by atoms with Crippen LogP contribution in [0.25, 0.3) is 0 Å². The van der Waals surface area contributed by atoms with E-state index in [4.69, 9.17) is 4.52 Å². The first-order valence-corrected chi connectivity index (χ1v) is 6.87. The third-order valence-corrected chi connectivity index (χ3v) is 3.86. The van der Waals surface area contributed by atoms with Gasteiger partial charge in [-0.3, -0.25) is 4.79 Å². The molecule has 5 heteroatoms. The Balaban J connectivity index is 1.69. The quantitative estimate of drug-likeness (QED) is 0.903. The van der Waals surface area contributed by atoms with E-state index in [0.717, 1.165) is 24.9 Å². The van der Waals surface area contributed by atoms with Gasteiger partial charge in [0.25, 0.3) is 5.56 Å². The van der Waals surface area contributed by atoms with E-state index < -0.39 is 0 Å².